The maximum atomic E-state index is 11.5. The van der Waals surface area contributed by atoms with E-state index in [0.717, 1.165) is 16.8 Å². The van der Waals surface area contributed by atoms with Gasteiger partial charge in [0, 0.05) is 24.5 Å². The van der Waals surface area contributed by atoms with E-state index in [-0.39, 0.29) is 0 Å². The van der Waals surface area contributed by atoms with Crippen molar-refractivity contribution in [3.05, 3.63) is 71.7 Å². The fraction of sp³-hybridized carbons (Fsp3) is 0.188. The van der Waals surface area contributed by atoms with Crippen LogP contribution in [-0.4, -0.2) is 27.5 Å². The van der Waals surface area contributed by atoms with Gasteiger partial charge in [0.05, 0.1) is 12.2 Å². The molecule has 1 atom stereocenters. The molecule has 4 rings (SSSR count). The summed E-state index contributed by atoms with van der Waals surface area (Å²) >= 11 is 0. The summed E-state index contributed by atoms with van der Waals surface area (Å²) in [4.78, 5) is 15.1. The molecule has 0 bridgehead atoms. The van der Waals surface area contributed by atoms with E-state index in [1.165, 1.54) is 4.90 Å². The van der Waals surface area contributed by atoms with Crippen LogP contribution in [0.5, 0.6) is 0 Å². The lowest BCUT2D eigenvalue weighted by atomic mass is 9.88. The van der Waals surface area contributed by atoms with Crippen LogP contribution in [0.4, 0.5) is 4.79 Å². The molecule has 3 aliphatic rings. The number of amides is 1. The third kappa shape index (κ3) is 1.60. The number of carboxylic acid groups (broad SMARTS) is 1. The molecule has 3 aliphatic heterocycles. The number of allylic oxidation sites excluding steroid dienone is 3. The lowest BCUT2D eigenvalue weighted by Gasteiger charge is -2.46. The van der Waals surface area contributed by atoms with Crippen LogP contribution < -0.4 is 5.32 Å². The Balaban J connectivity index is 1.86. The van der Waals surface area contributed by atoms with Gasteiger partial charge in [-0.25, -0.2) is 4.79 Å². The van der Waals surface area contributed by atoms with Crippen molar-refractivity contribution in [1.82, 2.24) is 15.1 Å². The molecule has 1 unspecified atom stereocenters. The average molecular weight is 281 g/mol. The smallest absolute Gasteiger partial charge is 0.407 e. The highest BCUT2D eigenvalue weighted by Crippen LogP contribution is 2.41. The van der Waals surface area contributed by atoms with Crippen molar-refractivity contribution < 1.29 is 9.90 Å². The highest BCUT2D eigenvalue weighted by molar-refractivity contribution is 5.66. The number of carbonyl (C=O) groups is 1. The van der Waals surface area contributed by atoms with E-state index >= 15 is 0 Å². The van der Waals surface area contributed by atoms with Gasteiger partial charge in [-0.1, -0.05) is 30.3 Å². The highest BCUT2D eigenvalue weighted by atomic mass is 16.4. The molecule has 1 aromatic carbocycles. The van der Waals surface area contributed by atoms with Crippen LogP contribution in [0.25, 0.3) is 0 Å². The van der Waals surface area contributed by atoms with Crippen molar-refractivity contribution in [1.29, 1.82) is 0 Å². The van der Waals surface area contributed by atoms with E-state index in [1.807, 2.05) is 48.8 Å². The van der Waals surface area contributed by atoms with Crippen molar-refractivity contribution in [2.24, 2.45) is 0 Å². The molecule has 0 saturated carbocycles. The van der Waals surface area contributed by atoms with Gasteiger partial charge >= 0.3 is 6.09 Å². The van der Waals surface area contributed by atoms with E-state index in [4.69, 9.17) is 0 Å². The molecule has 0 saturated heterocycles. The first-order valence-electron chi connectivity index (χ1n) is 6.89. The Kier molecular flexibility index (Phi) is 2.39. The molecule has 0 aliphatic carbocycles. The Morgan fingerprint density at radius 1 is 1.29 bits per heavy atom. The first kappa shape index (κ1) is 12.1. The van der Waals surface area contributed by atoms with Crippen LogP contribution in [-0.2, 0) is 12.2 Å². The molecule has 5 nitrogen and oxygen atoms in total. The lowest BCUT2D eigenvalue weighted by Crippen LogP contribution is -2.58. The summed E-state index contributed by atoms with van der Waals surface area (Å²) in [6.45, 7) is 0.815. The average Bonchev–Trinajstić information content (AvgIpc) is 2.87. The van der Waals surface area contributed by atoms with Gasteiger partial charge in [0.15, 0.2) is 5.66 Å². The number of hydrogen-bond acceptors (Lipinski definition) is 3. The quantitative estimate of drug-likeness (QED) is 0.765. The van der Waals surface area contributed by atoms with Crippen LogP contribution in [0.3, 0.4) is 0 Å². The molecule has 0 radical (unpaired) electrons. The van der Waals surface area contributed by atoms with E-state index < -0.39 is 11.8 Å². The summed E-state index contributed by atoms with van der Waals surface area (Å²) < 4.78 is 0. The zero-order valence-electron chi connectivity index (χ0n) is 11.4. The summed E-state index contributed by atoms with van der Waals surface area (Å²) in [5, 5.41) is 12.8. The Morgan fingerprint density at radius 2 is 2.14 bits per heavy atom. The fourth-order valence-corrected chi connectivity index (χ4v) is 3.33. The number of benzene rings is 1. The van der Waals surface area contributed by atoms with E-state index in [0.29, 0.717) is 13.1 Å². The molecular formula is C16H15N3O2. The van der Waals surface area contributed by atoms with Gasteiger partial charge in [-0.2, -0.15) is 0 Å². The molecule has 1 aromatic rings. The number of nitrogens with zero attached hydrogens (tertiary/aromatic N) is 2. The monoisotopic (exact) mass is 281 g/mol. The summed E-state index contributed by atoms with van der Waals surface area (Å²) in [6.07, 6.45) is 9.01. The van der Waals surface area contributed by atoms with Gasteiger partial charge in [0.1, 0.15) is 0 Å². The van der Waals surface area contributed by atoms with E-state index in [2.05, 4.69) is 16.3 Å². The second-order valence-electron chi connectivity index (χ2n) is 5.44. The standard InChI is InChI=1S/C16H15N3O2/c20-15(21)18-10-12-5-1-2-7-14(12)16(11-18)17-9-13-6-3-4-8-19(13)16/h1-9,17H,10-11H2,(H,20,21). The minimum atomic E-state index is -0.893. The Bertz CT molecular complexity index is 707. The van der Waals surface area contributed by atoms with Gasteiger partial charge in [-0.15, -0.1) is 0 Å². The van der Waals surface area contributed by atoms with Gasteiger partial charge in [0.2, 0.25) is 0 Å². The minimum absolute atomic E-state index is 0.386. The van der Waals surface area contributed by atoms with Gasteiger partial charge < -0.3 is 15.3 Å². The molecule has 21 heavy (non-hydrogen) atoms. The van der Waals surface area contributed by atoms with Crippen LogP contribution in [0.1, 0.15) is 11.1 Å². The molecule has 0 aromatic heterocycles. The summed E-state index contributed by atoms with van der Waals surface area (Å²) in [5.41, 5.74) is 2.66. The van der Waals surface area contributed by atoms with E-state index in [1.54, 1.807) is 0 Å². The van der Waals surface area contributed by atoms with Crippen molar-refractivity contribution >= 4 is 6.09 Å². The molecule has 1 amide bonds. The Hall–Kier alpha value is -2.69. The van der Waals surface area contributed by atoms with Crippen molar-refractivity contribution in [3.63, 3.8) is 0 Å². The molecule has 2 N–H and O–H groups in total. The number of nitrogens with one attached hydrogen (secondary N) is 1. The van der Waals surface area contributed by atoms with Crippen LogP contribution in [0, 0.1) is 0 Å². The van der Waals surface area contributed by atoms with Crippen LogP contribution in [0.15, 0.2) is 60.6 Å². The first-order chi connectivity index (χ1) is 10.2. The van der Waals surface area contributed by atoms with Crippen molar-refractivity contribution in [2.75, 3.05) is 6.54 Å². The van der Waals surface area contributed by atoms with Gasteiger partial charge in [0.25, 0.3) is 0 Å². The Morgan fingerprint density at radius 3 is 3.00 bits per heavy atom. The van der Waals surface area contributed by atoms with E-state index in [9.17, 15) is 9.90 Å². The Labute approximate surface area is 122 Å². The molecule has 1 spiro atoms. The largest absolute Gasteiger partial charge is 0.465 e. The molecule has 106 valence electrons. The SMILES string of the molecule is O=C(O)N1Cc2ccccc2C2(C1)NC=C1C=CC=CN12. The maximum Gasteiger partial charge on any atom is 0.407 e. The lowest BCUT2D eigenvalue weighted by molar-refractivity contribution is 0.0745. The first-order valence-corrected chi connectivity index (χ1v) is 6.89. The zero-order valence-corrected chi connectivity index (χ0v) is 11.4. The number of hydrogen-bond donors (Lipinski definition) is 2. The number of rotatable bonds is 0. The number of fused-ring (bicyclic) bond motifs is 4. The van der Waals surface area contributed by atoms with Crippen molar-refractivity contribution in [3.8, 4) is 0 Å². The summed E-state index contributed by atoms with van der Waals surface area (Å²) in [7, 11) is 0. The summed E-state index contributed by atoms with van der Waals surface area (Å²) in [6, 6.07) is 8.02. The molecular weight excluding hydrogens is 266 g/mol. The van der Waals surface area contributed by atoms with Gasteiger partial charge in [-0.3, -0.25) is 4.90 Å². The van der Waals surface area contributed by atoms with Gasteiger partial charge in [-0.05, 0) is 17.7 Å². The minimum Gasteiger partial charge on any atom is -0.465 e. The normalized spacial score (nSPS) is 25.4. The van der Waals surface area contributed by atoms with Crippen LogP contribution >= 0.6 is 0 Å². The predicted octanol–water partition coefficient (Wildman–Crippen LogP) is 2.16. The molecule has 0 fully saturated rings. The third-order valence-corrected chi connectivity index (χ3v) is 4.28. The summed E-state index contributed by atoms with van der Waals surface area (Å²) in [5.74, 6) is 0. The maximum absolute atomic E-state index is 11.5. The molecule has 5 heteroatoms. The topological polar surface area (TPSA) is 55.8 Å². The zero-order chi connectivity index (χ0) is 14.4. The second kappa shape index (κ2) is 4.15. The molecule has 3 heterocycles. The predicted molar refractivity (Wildman–Crippen MR) is 77.9 cm³/mol. The highest BCUT2D eigenvalue weighted by Gasteiger charge is 2.48. The fourth-order valence-electron chi connectivity index (χ4n) is 3.33. The van der Waals surface area contributed by atoms with Crippen molar-refractivity contribution in [2.45, 2.75) is 12.2 Å². The third-order valence-electron chi connectivity index (χ3n) is 4.28. The second-order valence-corrected chi connectivity index (χ2v) is 5.44. The van der Waals surface area contributed by atoms with Crippen LogP contribution in [0.2, 0.25) is 0 Å².